The molecule has 0 amide bonds. The van der Waals surface area contributed by atoms with Crippen LogP contribution in [0.25, 0.3) is 0 Å². The maximum atomic E-state index is 11.5. The Balaban J connectivity index is 1.93. The standard InChI is InChI=1S/C11H10O2/c12-11-8-4-2-6-5-1-3-7(8)10(13-11)9(5)6/h1-10H. The smallest absolute Gasteiger partial charge is 0.313 e. The zero-order valence-corrected chi connectivity index (χ0v) is 7.09. The van der Waals surface area contributed by atoms with E-state index >= 15 is 0 Å². The molecule has 0 N–H and O–H groups in total. The Bertz CT molecular complexity index is 355. The first-order valence-electron chi connectivity index (χ1n) is 4.93. The molecule has 2 heteroatoms. The zero-order valence-electron chi connectivity index (χ0n) is 7.09. The Labute approximate surface area is 76.3 Å². The van der Waals surface area contributed by atoms with Crippen LogP contribution in [0, 0.1) is 29.6 Å². The highest BCUT2D eigenvalue weighted by Crippen LogP contribution is 2.60. The van der Waals surface area contributed by atoms with Crippen LogP contribution in [-0.4, -0.2) is 12.1 Å². The number of allylic oxidation sites excluding steroid dienone is 2. The van der Waals surface area contributed by atoms with E-state index in [0.717, 1.165) is 0 Å². The van der Waals surface area contributed by atoms with E-state index in [9.17, 15) is 4.79 Å². The second kappa shape index (κ2) is 1.74. The molecule has 1 aliphatic heterocycles. The number of fused-ring (bicyclic) bond motifs is 1. The molecule has 1 saturated carbocycles. The van der Waals surface area contributed by atoms with Gasteiger partial charge in [-0.3, -0.25) is 4.79 Å². The summed E-state index contributed by atoms with van der Waals surface area (Å²) in [5, 5.41) is 0. The first kappa shape index (κ1) is 6.41. The van der Waals surface area contributed by atoms with Crippen molar-refractivity contribution < 1.29 is 9.53 Å². The van der Waals surface area contributed by atoms with Crippen molar-refractivity contribution in [2.75, 3.05) is 0 Å². The highest BCUT2D eigenvalue weighted by Gasteiger charge is 2.62. The molecule has 3 aliphatic carbocycles. The van der Waals surface area contributed by atoms with Gasteiger partial charge in [0.15, 0.2) is 0 Å². The van der Waals surface area contributed by atoms with Crippen LogP contribution in [0.1, 0.15) is 0 Å². The van der Waals surface area contributed by atoms with Gasteiger partial charge in [0.25, 0.3) is 0 Å². The van der Waals surface area contributed by atoms with Crippen LogP contribution in [0.5, 0.6) is 0 Å². The zero-order chi connectivity index (χ0) is 8.58. The topological polar surface area (TPSA) is 26.3 Å². The fourth-order valence-electron chi connectivity index (χ4n) is 3.26. The molecule has 0 aromatic heterocycles. The van der Waals surface area contributed by atoms with Crippen molar-refractivity contribution in [1.82, 2.24) is 0 Å². The van der Waals surface area contributed by atoms with Gasteiger partial charge in [0.2, 0.25) is 0 Å². The monoisotopic (exact) mass is 174 g/mol. The van der Waals surface area contributed by atoms with Crippen molar-refractivity contribution in [3.05, 3.63) is 24.3 Å². The number of ether oxygens (including phenoxy) is 1. The van der Waals surface area contributed by atoms with Gasteiger partial charge in [-0.25, -0.2) is 0 Å². The fourth-order valence-corrected chi connectivity index (χ4v) is 3.26. The Kier molecular flexibility index (Phi) is 0.859. The lowest BCUT2D eigenvalue weighted by Gasteiger charge is -2.18. The summed E-state index contributed by atoms with van der Waals surface area (Å²) in [4.78, 5) is 11.5. The summed E-state index contributed by atoms with van der Waals surface area (Å²) in [6.07, 6.45) is 8.99. The quantitative estimate of drug-likeness (QED) is 0.406. The fraction of sp³-hybridized carbons (Fsp3) is 0.545. The van der Waals surface area contributed by atoms with Gasteiger partial charge in [-0.2, -0.15) is 0 Å². The van der Waals surface area contributed by atoms with Gasteiger partial charge >= 0.3 is 5.97 Å². The van der Waals surface area contributed by atoms with E-state index < -0.39 is 0 Å². The summed E-state index contributed by atoms with van der Waals surface area (Å²) >= 11 is 0. The van der Waals surface area contributed by atoms with E-state index in [1.54, 1.807) is 0 Å². The van der Waals surface area contributed by atoms with Crippen LogP contribution in [-0.2, 0) is 9.53 Å². The van der Waals surface area contributed by atoms with Crippen molar-refractivity contribution in [3.8, 4) is 0 Å². The van der Waals surface area contributed by atoms with Gasteiger partial charge in [0.1, 0.15) is 6.10 Å². The van der Waals surface area contributed by atoms with Gasteiger partial charge in [-0.15, -0.1) is 0 Å². The molecule has 0 radical (unpaired) electrons. The molecule has 13 heavy (non-hydrogen) atoms. The maximum Gasteiger partial charge on any atom is 0.313 e. The first-order chi connectivity index (χ1) is 6.36. The van der Waals surface area contributed by atoms with E-state index in [4.69, 9.17) is 4.74 Å². The molecule has 1 saturated heterocycles. The molecule has 0 spiro atoms. The average Bonchev–Trinajstić information content (AvgIpc) is 2.68. The van der Waals surface area contributed by atoms with Crippen molar-refractivity contribution >= 4 is 5.97 Å². The third kappa shape index (κ3) is 0.578. The van der Waals surface area contributed by atoms with Gasteiger partial charge in [0.05, 0.1) is 5.92 Å². The molecular weight excluding hydrogens is 164 g/mol. The summed E-state index contributed by atoms with van der Waals surface area (Å²) in [6.45, 7) is 0. The van der Waals surface area contributed by atoms with Crippen molar-refractivity contribution in [3.63, 3.8) is 0 Å². The lowest BCUT2D eigenvalue weighted by Crippen LogP contribution is -2.22. The Morgan fingerprint density at radius 3 is 2.54 bits per heavy atom. The molecule has 0 aromatic carbocycles. The number of esters is 1. The predicted octanol–water partition coefficient (Wildman–Crippen LogP) is 1.15. The van der Waals surface area contributed by atoms with Crippen LogP contribution >= 0.6 is 0 Å². The second-order valence-electron chi connectivity index (χ2n) is 4.51. The summed E-state index contributed by atoms with van der Waals surface area (Å²) in [5.74, 6) is 2.31. The third-order valence-corrected chi connectivity index (χ3v) is 3.99. The molecule has 6 unspecified atom stereocenters. The van der Waals surface area contributed by atoms with Gasteiger partial charge in [-0.1, -0.05) is 24.3 Å². The Hall–Kier alpha value is -1.05. The molecule has 4 aliphatic rings. The number of hydrogen-bond acceptors (Lipinski definition) is 2. The second-order valence-corrected chi connectivity index (χ2v) is 4.51. The van der Waals surface area contributed by atoms with E-state index in [1.165, 1.54) is 0 Å². The van der Waals surface area contributed by atoms with Crippen LogP contribution < -0.4 is 0 Å². The van der Waals surface area contributed by atoms with Crippen LogP contribution in [0.4, 0.5) is 0 Å². The van der Waals surface area contributed by atoms with E-state index in [1.807, 2.05) is 0 Å². The summed E-state index contributed by atoms with van der Waals surface area (Å²) in [5.41, 5.74) is 0. The van der Waals surface area contributed by atoms with Crippen LogP contribution in [0.15, 0.2) is 24.3 Å². The lowest BCUT2D eigenvalue weighted by atomic mass is 9.85. The summed E-state index contributed by atoms with van der Waals surface area (Å²) in [7, 11) is 0. The largest absolute Gasteiger partial charge is 0.461 e. The van der Waals surface area contributed by atoms with E-state index in [2.05, 4.69) is 24.3 Å². The summed E-state index contributed by atoms with van der Waals surface area (Å²) in [6, 6.07) is 0. The molecule has 2 nitrogen and oxygen atoms in total. The molecule has 4 rings (SSSR count). The summed E-state index contributed by atoms with van der Waals surface area (Å²) < 4.78 is 5.41. The Morgan fingerprint density at radius 1 is 1.00 bits per heavy atom. The van der Waals surface area contributed by atoms with Crippen LogP contribution in [0.3, 0.4) is 0 Å². The molecule has 66 valence electrons. The van der Waals surface area contributed by atoms with E-state index in [0.29, 0.717) is 23.7 Å². The molecular formula is C11H10O2. The van der Waals surface area contributed by atoms with E-state index in [-0.39, 0.29) is 18.0 Å². The number of rotatable bonds is 0. The number of carbonyl (C=O) groups is 1. The average molecular weight is 174 g/mol. The molecule has 0 aromatic rings. The minimum Gasteiger partial charge on any atom is -0.461 e. The van der Waals surface area contributed by atoms with Crippen molar-refractivity contribution in [1.29, 1.82) is 0 Å². The minimum absolute atomic E-state index is 0.0121. The lowest BCUT2D eigenvalue weighted by molar-refractivity contribution is -0.144. The number of carbonyl (C=O) groups excluding carboxylic acids is 1. The molecule has 4 bridgehead atoms. The van der Waals surface area contributed by atoms with Crippen LogP contribution in [0.2, 0.25) is 0 Å². The van der Waals surface area contributed by atoms with Gasteiger partial charge in [0, 0.05) is 11.8 Å². The highest BCUT2D eigenvalue weighted by atomic mass is 16.6. The third-order valence-electron chi connectivity index (χ3n) is 3.99. The highest BCUT2D eigenvalue weighted by molar-refractivity contribution is 5.78. The SMILES string of the molecule is O=C1OC2C3C=CC4C(C=CC13)C42. The molecule has 2 fully saturated rings. The molecule has 6 atom stereocenters. The predicted molar refractivity (Wildman–Crippen MR) is 45.6 cm³/mol. The normalized spacial score (nSPS) is 58.9. The van der Waals surface area contributed by atoms with Crippen molar-refractivity contribution in [2.45, 2.75) is 6.10 Å². The molecule has 1 heterocycles. The number of hydrogen-bond donors (Lipinski definition) is 0. The minimum atomic E-state index is -0.0121. The maximum absolute atomic E-state index is 11.5. The van der Waals surface area contributed by atoms with Gasteiger partial charge < -0.3 is 4.74 Å². The Morgan fingerprint density at radius 2 is 1.69 bits per heavy atom. The van der Waals surface area contributed by atoms with Gasteiger partial charge in [-0.05, 0) is 11.8 Å². The van der Waals surface area contributed by atoms with Crippen molar-refractivity contribution in [2.24, 2.45) is 29.6 Å². The first-order valence-corrected chi connectivity index (χ1v) is 4.93.